The zero-order valence-corrected chi connectivity index (χ0v) is 13.6. The Labute approximate surface area is 126 Å². The molecule has 0 saturated carbocycles. The topological polar surface area (TPSA) is 78.4 Å². The number of nitrogens with zero attached hydrogens (tertiary/aromatic N) is 4. The van der Waals surface area contributed by atoms with Gasteiger partial charge >= 0.3 is 0 Å². The zero-order valence-electron chi connectivity index (χ0n) is 12.8. The first-order chi connectivity index (χ1) is 9.93. The third kappa shape index (κ3) is 3.90. The lowest BCUT2D eigenvalue weighted by Gasteiger charge is -2.20. The van der Waals surface area contributed by atoms with Crippen LogP contribution in [0.15, 0.2) is 17.3 Å². The summed E-state index contributed by atoms with van der Waals surface area (Å²) in [6.07, 6.45) is 3.75. The SMILES string of the molecule is CCNc1ncc(S(=O)(=O)N(C)CC2CCN(C)C2)cn1. The Balaban J connectivity index is 2.05. The molecule has 1 aromatic rings. The standard InChI is InChI=1S/C13H23N5O2S/c1-4-14-13-15-7-12(8-16-13)21(19,20)18(3)10-11-5-6-17(2)9-11/h7-8,11H,4-6,9-10H2,1-3H3,(H,14,15,16). The molecule has 1 aliphatic rings. The van der Waals surface area contributed by atoms with Gasteiger partial charge < -0.3 is 10.2 Å². The van der Waals surface area contributed by atoms with Gasteiger partial charge in [-0.3, -0.25) is 0 Å². The first-order valence-electron chi connectivity index (χ1n) is 7.14. The van der Waals surface area contributed by atoms with E-state index in [0.29, 0.717) is 25.0 Å². The first-order valence-corrected chi connectivity index (χ1v) is 8.58. The van der Waals surface area contributed by atoms with Crippen LogP contribution in [-0.4, -0.2) is 67.9 Å². The Bertz CT molecular complexity index is 560. The van der Waals surface area contributed by atoms with Crippen molar-refractivity contribution in [2.45, 2.75) is 18.2 Å². The maximum Gasteiger partial charge on any atom is 0.245 e. The minimum atomic E-state index is -3.51. The van der Waals surface area contributed by atoms with Crippen LogP contribution >= 0.6 is 0 Å². The second-order valence-electron chi connectivity index (χ2n) is 5.48. The molecule has 1 saturated heterocycles. The summed E-state index contributed by atoms with van der Waals surface area (Å²) in [5.74, 6) is 0.827. The highest BCUT2D eigenvalue weighted by Crippen LogP contribution is 2.19. The van der Waals surface area contributed by atoms with Gasteiger partial charge in [-0.15, -0.1) is 0 Å². The summed E-state index contributed by atoms with van der Waals surface area (Å²) in [7, 11) is 0.161. The molecule has 8 heteroatoms. The van der Waals surface area contributed by atoms with E-state index >= 15 is 0 Å². The lowest BCUT2D eigenvalue weighted by molar-refractivity contribution is 0.356. The summed E-state index contributed by atoms with van der Waals surface area (Å²) in [4.78, 5) is 10.4. The lowest BCUT2D eigenvalue weighted by Crippen LogP contribution is -2.33. The largest absolute Gasteiger partial charge is 0.355 e. The Morgan fingerprint density at radius 3 is 2.62 bits per heavy atom. The zero-order chi connectivity index (χ0) is 15.5. The number of nitrogens with one attached hydrogen (secondary N) is 1. The fourth-order valence-corrected chi connectivity index (χ4v) is 3.65. The van der Waals surface area contributed by atoms with Gasteiger partial charge in [0.2, 0.25) is 16.0 Å². The van der Waals surface area contributed by atoms with Crippen LogP contribution in [0.2, 0.25) is 0 Å². The molecule has 1 fully saturated rings. The van der Waals surface area contributed by atoms with E-state index in [1.807, 2.05) is 6.92 Å². The molecule has 21 heavy (non-hydrogen) atoms. The average Bonchev–Trinajstić information content (AvgIpc) is 2.85. The van der Waals surface area contributed by atoms with Gasteiger partial charge in [0, 0.05) is 26.7 Å². The van der Waals surface area contributed by atoms with Gasteiger partial charge in [-0.05, 0) is 32.9 Å². The molecule has 0 radical (unpaired) electrons. The maximum absolute atomic E-state index is 12.5. The summed E-state index contributed by atoms with van der Waals surface area (Å²) in [5.41, 5.74) is 0. The van der Waals surface area contributed by atoms with Gasteiger partial charge in [0.15, 0.2) is 0 Å². The number of likely N-dealkylation sites (tertiary alicyclic amines) is 1. The smallest absolute Gasteiger partial charge is 0.245 e. The van der Waals surface area contributed by atoms with Crippen LogP contribution in [0.5, 0.6) is 0 Å². The minimum absolute atomic E-state index is 0.137. The Morgan fingerprint density at radius 2 is 2.10 bits per heavy atom. The van der Waals surface area contributed by atoms with Gasteiger partial charge in [0.25, 0.3) is 0 Å². The van der Waals surface area contributed by atoms with Crippen LogP contribution in [0.3, 0.4) is 0 Å². The van der Waals surface area contributed by atoms with E-state index in [0.717, 1.165) is 19.5 Å². The molecule has 0 amide bonds. The second kappa shape index (κ2) is 6.67. The summed E-state index contributed by atoms with van der Waals surface area (Å²) in [5, 5.41) is 2.94. The van der Waals surface area contributed by atoms with Crippen molar-refractivity contribution in [2.75, 3.05) is 45.6 Å². The Morgan fingerprint density at radius 1 is 1.43 bits per heavy atom. The summed E-state index contributed by atoms with van der Waals surface area (Å²) >= 11 is 0. The monoisotopic (exact) mass is 313 g/mol. The summed E-state index contributed by atoms with van der Waals surface area (Å²) in [6, 6.07) is 0. The molecule has 1 atom stereocenters. The second-order valence-corrected chi connectivity index (χ2v) is 7.52. The number of aromatic nitrogens is 2. The summed E-state index contributed by atoms with van der Waals surface area (Å²) in [6.45, 7) is 5.12. The molecule has 1 aromatic heterocycles. The predicted molar refractivity (Wildman–Crippen MR) is 81.6 cm³/mol. The van der Waals surface area contributed by atoms with Crippen LogP contribution in [0.4, 0.5) is 5.95 Å². The number of rotatable bonds is 6. The van der Waals surface area contributed by atoms with E-state index < -0.39 is 10.0 Å². The van der Waals surface area contributed by atoms with Crippen LogP contribution < -0.4 is 5.32 Å². The van der Waals surface area contributed by atoms with Crippen molar-refractivity contribution in [3.63, 3.8) is 0 Å². The van der Waals surface area contributed by atoms with Crippen molar-refractivity contribution in [3.05, 3.63) is 12.4 Å². The van der Waals surface area contributed by atoms with Gasteiger partial charge in [-0.2, -0.15) is 0 Å². The highest BCUT2D eigenvalue weighted by Gasteiger charge is 2.27. The quantitative estimate of drug-likeness (QED) is 0.823. The molecular formula is C13H23N5O2S. The summed E-state index contributed by atoms with van der Waals surface area (Å²) < 4.78 is 26.4. The highest BCUT2D eigenvalue weighted by molar-refractivity contribution is 7.89. The van der Waals surface area contributed by atoms with E-state index in [4.69, 9.17) is 0 Å². The van der Waals surface area contributed by atoms with Crippen LogP contribution in [0, 0.1) is 5.92 Å². The molecular weight excluding hydrogens is 290 g/mol. The fraction of sp³-hybridized carbons (Fsp3) is 0.692. The van der Waals surface area contributed by atoms with Gasteiger partial charge in [0.05, 0.1) is 12.4 Å². The van der Waals surface area contributed by atoms with Crippen molar-refractivity contribution in [1.29, 1.82) is 0 Å². The number of hydrogen-bond acceptors (Lipinski definition) is 6. The maximum atomic E-state index is 12.5. The lowest BCUT2D eigenvalue weighted by atomic mass is 10.1. The molecule has 2 heterocycles. The van der Waals surface area contributed by atoms with Crippen molar-refractivity contribution >= 4 is 16.0 Å². The number of anilines is 1. The van der Waals surface area contributed by atoms with Gasteiger partial charge in [-0.1, -0.05) is 0 Å². The third-order valence-corrected chi connectivity index (χ3v) is 5.45. The van der Waals surface area contributed by atoms with E-state index in [1.165, 1.54) is 16.7 Å². The molecule has 1 unspecified atom stereocenters. The highest BCUT2D eigenvalue weighted by atomic mass is 32.2. The van der Waals surface area contributed by atoms with Crippen LogP contribution in [-0.2, 0) is 10.0 Å². The molecule has 0 aromatic carbocycles. The molecule has 1 aliphatic heterocycles. The van der Waals surface area contributed by atoms with E-state index in [2.05, 4.69) is 27.2 Å². The molecule has 118 valence electrons. The molecule has 1 N–H and O–H groups in total. The van der Waals surface area contributed by atoms with Crippen molar-refractivity contribution in [1.82, 2.24) is 19.2 Å². The van der Waals surface area contributed by atoms with E-state index in [9.17, 15) is 8.42 Å². The molecule has 0 bridgehead atoms. The van der Waals surface area contributed by atoms with Crippen molar-refractivity contribution in [3.8, 4) is 0 Å². The number of hydrogen-bond donors (Lipinski definition) is 1. The van der Waals surface area contributed by atoms with Crippen molar-refractivity contribution in [2.24, 2.45) is 5.92 Å². The molecule has 7 nitrogen and oxygen atoms in total. The first kappa shape index (κ1) is 16.1. The van der Waals surface area contributed by atoms with Crippen LogP contribution in [0.1, 0.15) is 13.3 Å². The van der Waals surface area contributed by atoms with Crippen LogP contribution in [0.25, 0.3) is 0 Å². The fourth-order valence-electron chi connectivity index (χ4n) is 2.52. The third-order valence-electron chi connectivity index (χ3n) is 3.68. The molecule has 0 spiro atoms. The normalized spacial score (nSPS) is 20.1. The average molecular weight is 313 g/mol. The Kier molecular flexibility index (Phi) is 5.13. The Hall–Kier alpha value is -1.25. The number of sulfonamides is 1. The predicted octanol–water partition coefficient (Wildman–Crippen LogP) is 0.481. The van der Waals surface area contributed by atoms with E-state index in [1.54, 1.807) is 7.05 Å². The molecule has 0 aliphatic carbocycles. The van der Waals surface area contributed by atoms with Gasteiger partial charge in [-0.25, -0.2) is 22.7 Å². The molecule has 2 rings (SSSR count). The van der Waals surface area contributed by atoms with Crippen molar-refractivity contribution < 1.29 is 8.42 Å². The minimum Gasteiger partial charge on any atom is -0.355 e. The van der Waals surface area contributed by atoms with Gasteiger partial charge in [0.1, 0.15) is 4.90 Å². The van der Waals surface area contributed by atoms with E-state index in [-0.39, 0.29) is 4.90 Å².